The standard InChI is InChI=1S/C17H20ClN4O4S/c1-20-14-13(15(25)21(2)17(20)26)22(7-10-5-3-4-6-12(10)18)16(19-14)27-9-11(24)8-23/h3-6,11,13,23-24H,7-9H2,1-2H3/q+1. The van der Waals surface area contributed by atoms with E-state index in [0.717, 1.165) is 10.5 Å². The molecule has 2 aliphatic rings. The zero-order chi connectivity index (χ0) is 19.7. The first-order valence-electron chi connectivity index (χ1n) is 8.27. The minimum atomic E-state index is -0.912. The highest BCUT2D eigenvalue weighted by Crippen LogP contribution is 2.26. The Balaban J connectivity index is 1.99. The fraction of sp³-hybridized carbons (Fsp3) is 0.412. The first-order valence-corrected chi connectivity index (χ1v) is 9.64. The molecule has 3 rings (SSSR count). The van der Waals surface area contributed by atoms with E-state index in [9.17, 15) is 14.7 Å². The van der Waals surface area contributed by atoms with Gasteiger partial charge in [-0.25, -0.2) is 9.37 Å². The molecule has 0 bridgehead atoms. The maximum absolute atomic E-state index is 12.8. The van der Waals surface area contributed by atoms with E-state index in [4.69, 9.17) is 16.7 Å². The molecule has 3 amide bonds. The van der Waals surface area contributed by atoms with E-state index in [0.29, 0.717) is 22.6 Å². The number of aliphatic hydroxyl groups is 2. The zero-order valence-electron chi connectivity index (χ0n) is 14.9. The summed E-state index contributed by atoms with van der Waals surface area (Å²) in [6.07, 6.45) is -0.912. The van der Waals surface area contributed by atoms with Gasteiger partial charge in [-0.15, -0.1) is 0 Å². The van der Waals surface area contributed by atoms with Crippen LogP contribution in [0.15, 0.2) is 29.3 Å². The van der Waals surface area contributed by atoms with Crippen molar-refractivity contribution >= 4 is 46.3 Å². The molecule has 1 saturated heterocycles. The Morgan fingerprint density at radius 2 is 2.00 bits per heavy atom. The average Bonchev–Trinajstić information content (AvgIpc) is 3.03. The van der Waals surface area contributed by atoms with Crippen molar-refractivity contribution in [2.75, 3.05) is 26.5 Å². The van der Waals surface area contributed by atoms with Gasteiger partial charge in [0.25, 0.3) is 17.8 Å². The third-order valence-corrected chi connectivity index (χ3v) is 5.91. The Morgan fingerprint density at radius 3 is 2.67 bits per heavy atom. The number of carbonyl (C=O) groups is 2. The number of nitrogens with zero attached hydrogens (tertiary/aromatic N) is 4. The Kier molecular flexibility index (Phi) is 5.85. The number of hydrogen-bond acceptors (Lipinski definition) is 6. The molecule has 1 aromatic rings. The Morgan fingerprint density at radius 1 is 1.30 bits per heavy atom. The first kappa shape index (κ1) is 19.8. The highest BCUT2D eigenvalue weighted by molar-refractivity contribution is 8.13. The van der Waals surface area contributed by atoms with Gasteiger partial charge in [-0.2, -0.15) is 0 Å². The number of aliphatic imine (C=N–C) groups is 1. The summed E-state index contributed by atoms with van der Waals surface area (Å²) in [4.78, 5) is 31.9. The number of fused-ring (bicyclic) bond motifs is 1. The molecule has 10 heteroatoms. The number of hydrogen-bond donors (Lipinski definition) is 2. The van der Waals surface area contributed by atoms with Gasteiger partial charge in [-0.3, -0.25) is 14.6 Å². The van der Waals surface area contributed by atoms with Gasteiger partial charge in [-0.1, -0.05) is 29.8 Å². The summed E-state index contributed by atoms with van der Waals surface area (Å²) < 4.78 is 1.77. The summed E-state index contributed by atoms with van der Waals surface area (Å²) in [5.74, 6) is 0.175. The van der Waals surface area contributed by atoms with Gasteiger partial charge in [0.1, 0.15) is 6.54 Å². The normalized spacial score (nSPS) is 20.9. The van der Waals surface area contributed by atoms with Crippen LogP contribution in [0.3, 0.4) is 0 Å². The number of halogens is 1. The van der Waals surface area contributed by atoms with Gasteiger partial charge in [0.05, 0.1) is 12.7 Å². The second-order valence-electron chi connectivity index (χ2n) is 6.26. The summed E-state index contributed by atoms with van der Waals surface area (Å²) >= 11 is 7.50. The lowest BCUT2D eigenvalue weighted by Crippen LogP contribution is -2.61. The number of carbonyl (C=O) groups excluding carboxylic acids is 2. The summed E-state index contributed by atoms with van der Waals surface area (Å²) in [5.41, 5.74) is 0.812. The molecule has 2 unspecified atom stereocenters. The van der Waals surface area contributed by atoms with Crippen LogP contribution in [0, 0.1) is 0 Å². The van der Waals surface area contributed by atoms with E-state index < -0.39 is 18.2 Å². The zero-order valence-corrected chi connectivity index (χ0v) is 16.4. The molecule has 0 radical (unpaired) electrons. The lowest BCUT2D eigenvalue weighted by Gasteiger charge is -2.30. The van der Waals surface area contributed by atoms with Gasteiger partial charge in [0, 0.05) is 30.4 Å². The minimum absolute atomic E-state index is 0.204. The van der Waals surface area contributed by atoms with Gasteiger partial charge >= 0.3 is 11.2 Å². The number of aliphatic hydroxyl groups excluding tert-OH is 2. The number of likely N-dealkylation sites (N-methyl/N-ethyl adjacent to an activating group) is 2. The van der Waals surface area contributed by atoms with Crippen LogP contribution in [0.5, 0.6) is 0 Å². The molecule has 144 valence electrons. The molecule has 0 aromatic heterocycles. The molecule has 0 aliphatic carbocycles. The number of imide groups is 1. The first-order chi connectivity index (χ1) is 12.8. The maximum atomic E-state index is 12.8. The third kappa shape index (κ3) is 3.73. The molecule has 2 N–H and O–H groups in total. The second-order valence-corrected chi connectivity index (χ2v) is 7.66. The SMILES string of the molecule is CN1C(=O)C2C(=NC(SCC(O)CO)=[N+]2Cc2ccccc2Cl)N(C)C1=O. The topological polar surface area (TPSA) is 96.5 Å². The Hall–Kier alpha value is -1.94. The van der Waals surface area contributed by atoms with E-state index in [1.807, 2.05) is 18.2 Å². The van der Waals surface area contributed by atoms with Crippen molar-refractivity contribution in [1.29, 1.82) is 0 Å². The molecule has 8 nitrogen and oxygen atoms in total. The summed E-state index contributed by atoms with van der Waals surface area (Å²) in [6.45, 7) is -0.0542. The van der Waals surface area contributed by atoms with Crippen LogP contribution >= 0.6 is 23.4 Å². The predicted molar refractivity (Wildman–Crippen MR) is 103 cm³/mol. The van der Waals surface area contributed by atoms with E-state index in [-0.39, 0.29) is 18.3 Å². The quantitative estimate of drug-likeness (QED) is 0.692. The molecule has 1 aromatic carbocycles. The van der Waals surface area contributed by atoms with Crippen molar-refractivity contribution in [3.63, 3.8) is 0 Å². The van der Waals surface area contributed by atoms with Gasteiger partial charge in [0.2, 0.25) is 0 Å². The molecule has 2 atom stereocenters. The van der Waals surface area contributed by atoms with Gasteiger partial charge in [-0.05, 0) is 22.8 Å². The fourth-order valence-corrected chi connectivity index (χ4v) is 4.02. The van der Waals surface area contributed by atoms with Gasteiger partial charge < -0.3 is 10.2 Å². The number of urea groups is 1. The lowest BCUT2D eigenvalue weighted by atomic mass is 10.1. The number of rotatable bonds is 5. The average molecular weight is 412 g/mol. The smallest absolute Gasteiger partial charge is 0.358 e. The van der Waals surface area contributed by atoms with Crippen LogP contribution in [-0.2, 0) is 11.3 Å². The molecule has 0 spiro atoms. The predicted octanol–water partition coefficient (Wildman–Crippen LogP) is 0.599. The molecule has 1 fully saturated rings. The molecular weight excluding hydrogens is 392 g/mol. The van der Waals surface area contributed by atoms with E-state index in [2.05, 4.69) is 4.99 Å². The van der Waals surface area contributed by atoms with Crippen LogP contribution in [0.2, 0.25) is 5.02 Å². The molecule has 0 saturated carbocycles. The highest BCUT2D eigenvalue weighted by atomic mass is 35.5. The van der Waals surface area contributed by atoms with Crippen molar-refractivity contribution in [3.8, 4) is 0 Å². The summed E-state index contributed by atoms with van der Waals surface area (Å²) in [6, 6.07) is 6.10. The highest BCUT2D eigenvalue weighted by Gasteiger charge is 2.53. The minimum Gasteiger partial charge on any atom is -0.394 e. The van der Waals surface area contributed by atoms with Crippen molar-refractivity contribution in [3.05, 3.63) is 34.9 Å². The lowest BCUT2D eigenvalue weighted by molar-refractivity contribution is -0.548. The summed E-state index contributed by atoms with van der Waals surface area (Å²) in [7, 11) is 3.01. The van der Waals surface area contributed by atoms with E-state index in [1.165, 1.54) is 23.7 Å². The number of amidine groups is 2. The monoisotopic (exact) mass is 411 g/mol. The van der Waals surface area contributed by atoms with E-state index >= 15 is 0 Å². The van der Waals surface area contributed by atoms with Crippen LogP contribution < -0.4 is 0 Å². The van der Waals surface area contributed by atoms with Crippen LogP contribution in [0.25, 0.3) is 0 Å². The van der Waals surface area contributed by atoms with Crippen molar-refractivity contribution in [2.45, 2.75) is 18.7 Å². The summed E-state index contributed by atoms with van der Waals surface area (Å²) in [5, 5.41) is 19.8. The van der Waals surface area contributed by atoms with Crippen LogP contribution in [-0.4, -0.2) is 86.1 Å². The maximum Gasteiger partial charge on any atom is 0.358 e. The van der Waals surface area contributed by atoms with Crippen molar-refractivity contribution in [1.82, 2.24) is 9.80 Å². The third-order valence-electron chi connectivity index (χ3n) is 4.41. The second kappa shape index (κ2) is 7.97. The molecular formula is C17H20ClN4O4S+. The van der Waals surface area contributed by atoms with Crippen LogP contribution in [0.1, 0.15) is 5.56 Å². The van der Waals surface area contributed by atoms with Crippen LogP contribution in [0.4, 0.5) is 4.79 Å². The molecule has 2 heterocycles. The molecule has 2 aliphatic heterocycles. The Labute approximate surface area is 165 Å². The van der Waals surface area contributed by atoms with Gasteiger partial charge in [0.15, 0.2) is 0 Å². The largest absolute Gasteiger partial charge is 0.394 e. The number of amides is 3. The van der Waals surface area contributed by atoms with Crippen molar-refractivity contribution in [2.24, 2.45) is 4.99 Å². The number of thioether (sulfide) groups is 1. The van der Waals surface area contributed by atoms with E-state index in [1.54, 1.807) is 17.7 Å². The van der Waals surface area contributed by atoms with Crippen molar-refractivity contribution < 1.29 is 24.4 Å². The Bertz CT molecular complexity index is 844. The number of benzene rings is 1. The molecule has 27 heavy (non-hydrogen) atoms. The fourth-order valence-electron chi connectivity index (χ4n) is 2.88.